The molecule has 94 valence electrons. The first-order valence-electron chi connectivity index (χ1n) is 5.05. The van der Waals surface area contributed by atoms with Crippen LogP contribution in [0.2, 0.25) is 0 Å². The highest BCUT2D eigenvalue weighted by molar-refractivity contribution is 5.84. The predicted molar refractivity (Wildman–Crippen MR) is 56.7 cm³/mol. The van der Waals surface area contributed by atoms with E-state index in [2.05, 4.69) is 5.32 Å². The normalized spacial score (nSPS) is 18.3. The molecule has 0 aliphatic rings. The van der Waals surface area contributed by atoms with E-state index in [0.29, 0.717) is 0 Å². The van der Waals surface area contributed by atoms with E-state index < -0.39 is 35.9 Å². The van der Waals surface area contributed by atoms with E-state index >= 15 is 0 Å². The summed E-state index contributed by atoms with van der Waals surface area (Å²) >= 11 is 0. The van der Waals surface area contributed by atoms with Crippen molar-refractivity contribution < 1.29 is 24.9 Å². The smallest absolute Gasteiger partial charge is 0.307 e. The molecule has 0 aromatic carbocycles. The summed E-state index contributed by atoms with van der Waals surface area (Å²) in [7, 11) is 0. The van der Waals surface area contributed by atoms with Crippen molar-refractivity contribution in [2.75, 3.05) is 13.2 Å². The zero-order valence-corrected chi connectivity index (χ0v) is 9.73. The number of hydrogen-bond donors (Lipinski definition) is 4. The quantitative estimate of drug-likeness (QED) is 0.480. The van der Waals surface area contributed by atoms with E-state index in [1.54, 1.807) is 0 Å². The molecule has 0 aliphatic carbocycles. The highest BCUT2D eigenvalue weighted by Crippen LogP contribution is 2.11. The Hall–Kier alpha value is -1.14. The standard InChI is InChI=1S/C10H19NO5/c1-6(7(2)9(14)15)8(13)11-4-10(3,16)5-12/h6-7,12,16H,4-5H2,1-3H3,(H,11,13)(H,14,15). The number of aliphatic hydroxyl groups is 2. The summed E-state index contributed by atoms with van der Waals surface area (Å²) in [4.78, 5) is 22.1. The number of hydrogen-bond acceptors (Lipinski definition) is 4. The number of carboxylic acid groups (broad SMARTS) is 1. The molecule has 16 heavy (non-hydrogen) atoms. The van der Waals surface area contributed by atoms with Gasteiger partial charge in [0, 0.05) is 12.5 Å². The van der Waals surface area contributed by atoms with Crippen LogP contribution in [-0.4, -0.2) is 45.9 Å². The fraction of sp³-hybridized carbons (Fsp3) is 0.800. The largest absolute Gasteiger partial charge is 0.481 e. The van der Waals surface area contributed by atoms with E-state index in [9.17, 15) is 14.7 Å². The molecule has 0 aromatic heterocycles. The lowest BCUT2D eigenvalue weighted by Gasteiger charge is -2.23. The number of aliphatic carboxylic acids is 1. The Labute approximate surface area is 94.3 Å². The van der Waals surface area contributed by atoms with Crippen molar-refractivity contribution in [1.29, 1.82) is 0 Å². The number of nitrogens with one attached hydrogen (secondary N) is 1. The Bertz CT molecular complexity index is 264. The van der Waals surface area contributed by atoms with Crippen LogP contribution >= 0.6 is 0 Å². The Morgan fingerprint density at radius 2 is 1.81 bits per heavy atom. The van der Waals surface area contributed by atoms with E-state index in [-0.39, 0.29) is 6.54 Å². The summed E-state index contributed by atoms with van der Waals surface area (Å²) in [6.45, 7) is 3.73. The summed E-state index contributed by atoms with van der Waals surface area (Å²) in [6, 6.07) is 0. The predicted octanol–water partition coefficient (Wildman–Crippen LogP) is -0.797. The third-order valence-corrected chi connectivity index (χ3v) is 2.54. The van der Waals surface area contributed by atoms with Gasteiger partial charge in [0.2, 0.25) is 5.91 Å². The number of amides is 1. The average molecular weight is 233 g/mol. The topological polar surface area (TPSA) is 107 Å². The molecular weight excluding hydrogens is 214 g/mol. The van der Waals surface area contributed by atoms with Gasteiger partial charge in [-0.15, -0.1) is 0 Å². The lowest BCUT2D eigenvalue weighted by atomic mass is 9.95. The van der Waals surface area contributed by atoms with Gasteiger partial charge >= 0.3 is 5.97 Å². The minimum Gasteiger partial charge on any atom is -0.481 e. The number of aliphatic hydroxyl groups excluding tert-OH is 1. The molecule has 0 rings (SSSR count). The third kappa shape index (κ3) is 4.59. The van der Waals surface area contributed by atoms with Crippen molar-refractivity contribution in [1.82, 2.24) is 5.32 Å². The number of carboxylic acids is 1. The van der Waals surface area contributed by atoms with E-state index in [1.165, 1.54) is 20.8 Å². The van der Waals surface area contributed by atoms with Gasteiger partial charge in [-0.3, -0.25) is 9.59 Å². The molecule has 6 nitrogen and oxygen atoms in total. The maximum Gasteiger partial charge on any atom is 0.307 e. The second kappa shape index (κ2) is 5.81. The molecule has 0 heterocycles. The van der Waals surface area contributed by atoms with Crippen LogP contribution in [-0.2, 0) is 9.59 Å². The monoisotopic (exact) mass is 233 g/mol. The lowest BCUT2D eigenvalue weighted by Crippen LogP contribution is -2.46. The van der Waals surface area contributed by atoms with Crippen LogP contribution in [0.4, 0.5) is 0 Å². The SMILES string of the molecule is CC(C(=O)O)C(C)C(=O)NCC(C)(O)CO. The molecule has 0 spiro atoms. The van der Waals surface area contributed by atoms with Gasteiger partial charge in [0.15, 0.2) is 0 Å². The van der Waals surface area contributed by atoms with Gasteiger partial charge in [0.05, 0.1) is 12.5 Å². The molecule has 4 N–H and O–H groups in total. The van der Waals surface area contributed by atoms with Crippen molar-refractivity contribution in [3.63, 3.8) is 0 Å². The first-order valence-corrected chi connectivity index (χ1v) is 5.05. The fourth-order valence-corrected chi connectivity index (χ4v) is 0.935. The molecule has 0 fully saturated rings. The number of rotatable bonds is 6. The van der Waals surface area contributed by atoms with Gasteiger partial charge in [-0.05, 0) is 6.92 Å². The molecule has 3 atom stereocenters. The first-order chi connectivity index (χ1) is 7.21. The van der Waals surface area contributed by atoms with Crippen LogP contribution < -0.4 is 5.32 Å². The maximum absolute atomic E-state index is 11.5. The Balaban J connectivity index is 4.22. The summed E-state index contributed by atoms with van der Waals surface area (Å²) in [5.74, 6) is -2.98. The van der Waals surface area contributed by atoms with Crippen molar-refractivity contribution in [3.8, 4) is 0 Å². The summed E-state index contributed by atoms with van der Waals surface area (Å²) in [5.41, 5.74) is -1.39. The molecule has 0 saturated heterocycles. The molecular formula is C10H19NO5. The molecule has 6 heteroatoms. The van der Waals surface area contributed by atoms with Crippen molar-refractivity contribution in [2.45, 2.75) is 26.4 Å². The number of carbonyl (C=O) groups is 2. The van der Waals surface area contributed by atoms with Crippen molar-refractivity contribution >= 4 is 11.9 Å². The van der Waals surface area contributed by atoms with E-state index in [0.717, 1.165) is 0 Å². The zero-order valence-electron chi connectivity index (χ0n) is 9.73. The summed E-state index contributed by atoms with van der Waals surface area (Å²) < 4.78 is 0. The molecule has 3 unspecified atom stereocenters. The Morgan fingerprint density at radius 1 is 1.31 bits per heavy atom. The average Bonchev–Trinajstić information content (AvgIpc) is 2.23. The van der Waals surface area contributed by atoms with E-state index in [1.807, 2.05) is 0 Å². The molecule has 0 radical (unpaired) electrons. The zero-order chi connectivity index (χ0) is 12.9. The van der Waals surface area contributed by atoms with Gasteiger partial charge in [-0.25, -0.2) is 0 Å². The maximum atomic E-state index is 11.5. The van der Waals surface area contributed by atoms with Crippen LogP contribution in [0.5, 0.6) is 0 Å². The minimum absolute atomic E-state index is 0.112. The summed E-state index contributed by atoms with van der Waals surface area (Å²) in [5, 5.41) is 29.3. The molecule has 0 aliphatic heterocycles. The second-order valence-electron chi connectivity index (χ2n) is 4.29. The van der Waals surface area contributed by atoms with Gasteiger partial charge in [-0.1, -0.05) is 13.8 Å². The van der Waals surface area contributed by atoms with Crippen LogP contribution in [0.3, 0.4) is 0 Å². The van der Waals surface area contributed by atoms with Gasteiger partial charge in [0.1, 0.15) is 5.60 Å². The minimum atomic E-state index is -1.39. The van der Waals surface area contributed by atoms with Crippen LogP contribution in [0.15, 0.2) is 0 Å². The number of carbonyl (C=O) groups excluding carboxylic acids is 1. The van der Waals surface area contributed by atoms with Crippen LogP contribution in [0.1, 0.15) is 20.8 Å². The van der Waals surface area contributed by atoms with Gasteiger partial charge in [-0.2, -0.15) is 0 Å². The fourth-order valence-electron chi connectivity index (χ4n) is 0.935. The highest BCUT2D eigenvalue weighted by Gasteiger charge is 2.27. The van der Waals surface area contributed by atoms with E-state index in [4.69, 9.17) is 10.2 Å². The third-order valence-electron chi connectivity index (χ3n) is 2.54. The second-order valence-corrected chi connectivity index (χ2v) is 4.29. The lowest BCUT2D eigenvalue weighted by molar-refractivity contribution is -0.146. The Morgan fingerprint density at radius 3 is 2.19 bits per heavy atom. The van der Waals surface area contributed by atoms with Crippen molar-refractivity contribution in [3.05, 3.63) is 0 Å². The van der Waals surface area contributed by atoms with Gasteiger partial charge in [0.25, 0.3) is 0 Å². The van der Waals surface area contributed by atoms with Gasteiger partial charge < -0.3 is 20.6 Å². The summed E-state index contributed by atoms with van der Waals surface area (Å²) in [6.07, 6.45) is 0. The Kier molecular flexibility index (Phi) is 5.40. The highest BCUT2D eigenvalue weighted by atomic mass is 16.4. The van der Waals surface area contributed by atoms with Crippen LogP contribution in [0, 0.1) is 11.8 Å². The van der Waals surface area contributed by atoms with Crippen molar-refractivity contribution in [2.24, 2.45) is 11.8 Å². The molecule has 0 saturated carbocycles. The molecule has 0 aromatic rings. The first kappa shape index (κ1) is 14.9. The molecule has 1 amide bonds. The van der Waals surface area contributed by atoms with Crippen LogP contribution in [0.25, 0.3) is 0 Å². The molecule has 0 bridgehead atoms.